The number of ether oxygens (including phenoxy) is 1. The Hall–Kier alpha value is -3.12. The van der Waals surface area contributed by atoms with Crippen molar-refractivity contribution in [1.29, 1.82) is 0 Å². The number of hydrogen-bond donors (Lipinski definition) is 2. The van der Waals surface area contributed by atoms with Gasteiger partial charge < -0.3 is 15.8 Å². The second-order valence-electron chi connectivity index (χ2n) is 6.54. The number of para-hydroxylation sites is 1. The van der Waals surface area contributed by atoms with Gasteiger partial charge in [0.15, 0.2) is 5.06 Å². The van der Waals surface area contributed by atoms with E-state index in [4.69, 9.17) is 10.5 Å². The summed E-state index contributed by atoms with van der Waals surface area (Å²) in [5, 5.41) is 3.66. The summed E-state index contributed by atoms with van der Waals surface area (Å²) < 4.78 is 5.79. The van der Waals surface area contributed by atoms with Crippen LogP contribution < -0.4 is 15.8 Å². The highest BCUT2D eigenvalue weighted by molar-refractivity contribution is 7.13. The monoisotopic (exact) mass is 393 g/mol. The van der Waals surface area contributed by atoms with Crippen LogP contribution in [0.25, 0.3) is 0 Å². The fourth-order valence-corrected chi connectivity index (χ4v) is 3.32. The van der Waals surface area contributed by atoms with E-state index < -0.39 is 0 Å². The number of allylic oxidation sites excluding steroid dienone is 2. The van der Waals surface area contributed by atoms with Gasteiger partial charge in [0.05, 0.1) is 12.1 Å². The van der Waals surface area contributed by atoms with E-state index in [-0.39, 0.29) is 11.7 Å². The van der Waals surface area contributed by atoms with Gasteiger partial charge in [0.2, 0.25) is 0 Å². The molecular weight excluding hydrogens is 370 g/mol. The number of benzene rings is 1. The van der Waals surface area contributed by atoms with Crippen molar-refractivity contribution in [3.63, 3.8) is 0 Å². The Bertz CT molecular complexity index is 976. The van der Waals surface area contributed by atoms with E-state index in [9.17, 15) is 4.79 Å². The third kappa shape index (κ3) is 5.44. The van der Waals surface area contributed by atoms with Crippen molar-refractivity contribution in [2.75, 3.05) is 5.73 Å². The van der Waals surface area contributed by atoms with Crippen LogP contribution in [0, 0.1) is 0 Å². The van der Waals surface area contributed by atoms with Gasteiger partial charge in [-0.3, -0.25) is 4.79 Å². The van der Waals surface area contributed by atoms with Crippen molar-refractivity contribution in [2.45, 2.75) is 26.8 Å². The zero-order valence-corrected chi connectivity index (χ0v) is 16.8. The van der Waals surface area contributed by atoms with Crippen LogP contribution in [0.2, 0.25) is 0 Å². The molecule has 0 radical (unpaired) electrons. The molecule has 144 valence electrons. The largest absolute Gasteiger partial charge is 0.447 e. The average Bonchev–Trinajstić information content (AvgIpc) is 3.12. The molecule has 0 aliphatic heterocycles. The molecular formula is C22H23N3O2S. The molecule has 28 heavy (non-hydrogen) atoms. The van der Waals surface area contributed by atoms with Gasteiger partial charge in [0, 0.05) is 17.0 Å². The molecule has 6 heteroatoms. The van der Waals surface area contributed by atoms with Crippen LogP contribution in [0.5, 0.6) is 10.8 Å². The average molecular weight is 394 g/mol. The van der Waals surface area contributed by atoms with Crippen molar-refractivity contribution in [2.24, 2.45) is 0 Å². The van der Waals surface area contributed by atoms with Crippen LogP contribution >= 0.6 is 11.3 Å². The lowest BCUT2D eigenvalue weighted by Gasteiger charge is -2.07. The minimum Gasteiger partial charge on any atom is -0.447 e. The highest BCUT2D eigenvalue weighted by atomic mass is 32.1. The van der Waals surface area contributed by atoms with Crippen LogP contribution in [-0.2, 0) is 13.0 Å². The van der Waals surface area contributed by atoms with Crippen LogP contribution in [0.4, 0.5) is 5.82 Å². The molecule has 1 amide bonds. The number of nitrogens with one attached hydrogen (secondary N) is 1. The van der Waals surface area contributed by atoms with E-state index in [1.165, 1.54) is 16.9 Å². The number of nitrogen functional groups attached to an aromatic ring is 1. The van der Waals surface area contributed by atoms with Gasteiger partial charge in [-0.05, 0) is 50.2 Å². The summed E-state index contributed by atoms with van der Waals surface area (Å²) in [6.45, 7) is 4.47. The summed E-state index contributed by atoms with van der Waals surface area (Å²) in [7, 11) is 0. The number of carbonyl (C=O) groups excluding carboxylic acids is 1. The van der Waals surface area contributed by atoms with Gasteiger partial charge in [0.25, 0.3) is 5.91 Å². The summed E-state index contributed by atoms with van der Waals surface area (Å²) in [4.78, 5) is 17.8. The number of nitrogens with zero attached hydrogens (tertiary/aromatic N) is 1. The second kappa shape index (κ2) is 9.19. The van der Waals surface area contributed by atoms with Gasteiger partial charge in [-0.1, -0.05) is 29.8 Å². The number of thiophene rings is 1. The molecule has 0 spiro atoms. The van der Waals surface area contributed by atoms with Crippen LogP contribution in [0.15, 0.2) is 66.2 Å². The topological polar surface area (TPSA) is 77.2 Å². The zero-order chi connectivity index (χ0) is 19.9. The smallest absolute Gasteiger partial charge is 0.255 e. The number of amides is 1. The Morgan fingerprint density at radius 3 is 2.64 bits per heavy atom. The zero-order valence-electron chi connectivity index (χ0n) is 15.9. The molecule has 0 aliphatic rings. The van der Waals surface area contributed by atoms with E-state index in [2.05, 4.69) is 16.4 Å². The van der Waals surface area contributed by atoms with Crippen LogP contribution in [0.3, 0.4) is 0 Å². The first-order valence-corrected chi connectivity index (χ1v) is 9.81. The molecule has 0 saturated carbocycles. The van der Waals surface area contributed by atoms with Crippen molar-refractivity contribution in [3.05, 3.63) is 82.4 Å². The van der Waals surface area contributed by atoms with Gasteiger partial charge in [-0.15, -0.1) is 11.3 Å². The van der Waals surface area contributed by atoms with E-state index in [1.807, 2.05) is 62.4 Å². The predicted molar refractivity (Wildman–Crippen MR) is 114 cm³/mol. The van der Waals surface area contributed by atoms with Gasteiger partial charge in [-0.25, -0.2) is 4.98 Å². The number of rotatable bonds is 7. The number of hydrogen-bond acceptors (Lipinski definition) is 5. The minimum atomic E-state index is -0.238. The lowest BCUT2D eigenvalue weighted by atomic mass is 10.1. The first-order valence-electron chi connectivity index (χ1n) is 9.00. The Balaban J connectivity index is 1.57. The molecule has 0 aliphatic carbocycles. The molecule has 2 heterocycles. The van der Waals surface area contributed by atoms with E-state index >= 15 is 0 Å². The number of pyridine rings is 1. The van der Waals surface area contributed by atoms with E-state index in [0.29, 0.717) is 18.5 Å². The van der Waals surface area contributed by atoms with E-state index in [1.54, 1.807) is 6.07 Å². The molecule has 1 aromatic carbocycles. The van der Waals surface area contributed by atoms with Gasteiger partial charge in [-0.2, -0.15) is 0 Å². The second-order valence-corrected chi connectivity index (χ2v) is 7.67. The predicted octanol–water partition coefficient (Wildman–Crippen LogP) is 4.96. The lowest BCUT2D eigenvalue weighted by molar-refractivity contribution is 0.0952. The van der Waals surface area contributed by atoms with Gasteiger partial charge >= 0.3 is 0 Å². The summed E-state index contributed by atoms with van der Waals surface area (Å²) in [5.41, 5.74) is 8.43. The Morgan fingerprint density at radius 1 is 1.14 bits per heavy atom. The Labute approximate surface area is 168 Å². The maximum atomic E-state index is 12.4. The van der Waals surface area contributed by atoms with Crippen LogP contribution in [0.1, 0.15) is 34.8 Å². The molecule has 3 N–H and O–H groups in total. The minimum absolute atomic E-state index is 0.238. The third-order valence-corrected chi connectivity index (χ3v) is 4.93. The number of carbonyl (C=O) groups is 1. The summed E-state index contributed by atoms with van der Waals surface area (Å²) in [6, 6.07) is 17.0. The maximum absolute atomic E-state index is 12.4. The normalized spacial score (nSPS) is 10.4. The summed E-state index contributed by atoms with van der Waals surface area (Å²) >= 11 is 1.49. The van der Waals surface area contributed by atoms with Crippen molar-refractivity contribution < 1.29 is 9.53 Å². The molecule has 0 unspecified atom stereocenters. The molecule has 0 atom stereocenters. The van der Waals surface area contributed by atoms with Crippen molar-refractivity contribution >= 4 is 23.1 Å². The van der Waals surface area contributed by atoms with Crippen molar-refractivity contribution in [1.82, 2.24) is 10.3 Å². The molecule has 3 rings (SSSR count). The highest BCUT2D eigenvalue weighted by Gasteiger charge is 2.12. The molecule has 2 aromatic heterocycles. The molecule has 0 bridgehead atoms. The maximum Gasteiger partial charge on any atom is 0.255 e. The first kappa shape index (κ1) is 19.6. The molecule has 5 nitrogen and oxygen atoms in total. The standard InChI is InChI=1S/C22H23N3O2S/c1-15(2)8-9-16-10-12-19(21(23)25-16)22(26)24-14-18-11-13-20(28-18)27-17-6-4-3-5-7-17/h3-8,10-13H,9,14H2,1-2H3,(H2,23,25)(H,24,26). The first-order chi connectivity index (χ1) is 13.5. The van der Waals surface area contributed by atoms with Crippen LogP contribution in [-0.4, -0.2) is 10.9 Å². The Morgan fingerprint density at radius 2 is 1.93 bits per heavy atom. The molecule has 0 saturated heterocycles. The quantitative estimate of drug-likeness (QED) is 0.557. The SMILES string of the molecule is CC(C)=CCc1ccc(C(=O)NCc2ccc(Oc3ccccc3)s2)c(N)n1. The summed E-state index contributed by atoms with van der Waals surface area (Å²) in [6.07, 6.45) is 2.78. The fraction of sp³-hybridized carbons (Fsp3) is 0.182. The van der Waals surface area contributed by atoms with E-state index in [0.717, 1.165) is 21.4 Å². The highest BCUT2D eigenvalue weighted by Crippen LogP contribution is 2.29. The number of nitrogens with two attached hydrogens (primary N) is 1. The lowest BCUT2D eigenvalue weighted by Crippen LogP contribution is -2.24. The number of aromatic nitrogens is 1. The number of anilines is 1. The molecule has 3 aromatic rings. The van der Waals surface area contributed by atoms with Gasteiger partial charge in [0.1, 0.15) is 11.6 Å². The molecule has 0 fully saturated rings. The van der Waals surface area contributed by atoms with Crippen molar-refractivity contribution in [3.8, 4) is 10.8 Å². The third-order valence-electron chi connectivity index (χ3n) is 3.97. The fourth-order valence-electron chi connectivity index (χ4n) is 2.51. The Kier molecular flexibility index (Phi) is 6.45. The summed E-state index contributed by atoms with van der Waals surface area (Å²) in [5.74, 6) is 0.793.